The molecule has 3 aliphatic rings. The molecule has 5 heteroatoms. The van der Waals surface area contributed by atoms with Crippen LogP contribution in [0.5, 0.6) is 0 Å². The zero-order valence-electron chi connectivity index (χ0n) is 18.4. The van der Waals surface area contributed by atoms with E-state index in [0.717, 1.165) is 48.2 Å². The molecule has 5 nitrogen and oxygen atoms in total. The van der Waals surface area contributed by atoms with Crippen molar-refractivity contribution in [2.45, 2.75) is 63.4 Å². The summed E-state index contributed by atoms with van der Waals surface area (Å²) in [6, 6.07) is 14.0. The maximum atomic E-state index is 13.5. The number of esters is 1. The number of allylic oxidation sites excluding steroid dienone is 2. The first-order valence-corrected chi connectivity index (χ1v) is 11.6. The molecule has 164 valence electrons. The minimum Gasteiger partial charge on any atom is -0.462 e. The van der Waals surface area contributed by atoms with Gasteiger partial charge in [-0.05, 0) is 62.1 Å². The van der Waals surface area contributed by atoms with E-state index in [2.05, 4.69) is 17.1 Å². The molecule has 0 radical (unpaired) electrons. The van der Waals surface area contributed by atoms with Crippen molar-refractivity contribution >= 4 is 17.5 Å². The standard InChI is InChI=1S/C27H28N2O3/c1-17-24(27(31)32-21-11-5-6-12-21)25(19-10-7-13-28-16-19)26-22(29-17)14-20(15-23(26)30)18-8-3-2-4-9-18/h2-4,7-10,13,16,20-21,24-25H,5-6,11-12,14-15H2,1H3/t20-,24?,25-/m0/s1. The number of benzene rings is 1. The maximum absolute atomic E-state index is 13.5. The van der Waals surface area contributed by atoms with Crippen molar-refractivity contribution in [1.29, 1.82) is 0 Å². The Morgan fingerprint density at radius 1 is 1.00 bits per heavy atom. The van der Waals surface area contributed by atoms with Crippen molar-refractivity contribution in [2.24, 2.45) is 10.9 Å². The van der Waals surface area contributed by atoms with Gasteiger partial charge >= 0.3 is 5.97 Å². The van der Waals surface area contributed by atoms with E-state index in [4.69, 9.17) is 9.73 Å². The van der Waals surface area contributed by atoms with Crippen LogP contribution in [-0.4, -0.2) is 28.6 Å². The predicted octanol–water partition coefficient (Wildman–Crippen LogP) is 5.14. The zero-order chi connectivity index (χ0) is 22.1. The van der Waals surface area contributed by atoms with Crippen molar-refractivity contribution in [3.05, 3.63) is 77.3 Å². The molecule has 1 saturated carbocycles. The number of pyridine rings is 1. The van der Waals surface area contributed by atoms with Gasteiger partial charge in [-0.25, -0.2) is 0 Å². The Balaban J connectivity index is 1.53. The average Bonchev–Trinajstić information content (AvgIpc) is 3.32. The fraction of sp³-hybridized carbons (Fsp3) is 0.407. The SMILES string of the molecule is CC1=NC2=C(C(=O)C[C@@H](c3ccccc3)C2)[C@@H](c2cccnc2)C1C(=O)OC1CCCC1. The van der Waals surface area contributed by atoms with Gasteiger partial charge in [0.15, 0.2) is 5.78 Å². The normalized spacial score (nSPS) is 26.0. The summed E-state index contributed by atoms with van der Waals surface area (Å²) in [5.74, 6) is -1.07. The summed E-state index contributed by atoms with van der Waals surface area (Å²) in [5.41, 5.74) is 4.23. The summed E-state index contributed by atoms with van der Waals surface area (Å²) >= 11 is 0. The average molecular weight is 429 g/mol. The molecule has 1 aromatic heterocycles. The van der Waals surface area contributed by atoms with Gasteiger partial charge in [-0.3, -0.25) is 19.6 Å². The van der Waals surface area contributed by atoms with E-state index in [1.165, 1.54) is 0 Å². The monoisotopic (exact) mass is 428 g/mol. The molecule has 0 amide bonds. The van der Waals surface area contributed by atoms with Gasteiger partial charge in [0, 0.05) is 41.7 Å². The van der Waals surface area contributed by atoms with Gasteiger partial charge in [0.05, 0.1) is 0 Å². The number of carbonyl (C=O) groups is 2. The van der Waals surface area contributed by atoms with E-state index < -0.39 is 11.8 Å². The Hall–Kier alpha value is -3.08. The molecule has 2 aliphatic carbocycles. The van der Waals surface area contributed by atoms with E-state index in [1.54, 1.807) is 12.4 Å². The van der Waals surface area contributed by atoms with Crippen LogP contribution in [0.3, 0.4) is 0 Å². The van der Waals surface area contributed by atoms with E-state index in [1.807, 2.05) is 37.3 Å². The number of rotatable bonds is 4. The second kappa shape index (κ2) is 8.81. The number of aliphatic imine (C=N–C) groups is 1. The second-order valence-electron chi connectivity index (χ2n) is 9.14. The third kappa shape index (κ3) is 3.92. The molecule has 1 aliphatic heterocycles. The molecule has 0 spiro atoms. The number of nitrogens with zero attached hydrogens (tertiary/aromatic N) is 2. The Bertz CT molecular complexity index is 1070. The minimum atomic E-state index is -0.587. The van der Waals surface area contributed by atoms with Crippen molar-refractivity contribution < 1.29 is 14.3 Å². The molecule has 1 fully saturated rings. The molecule has 2 aromatic rings. The van der Waals surface area contributed by atoms with Gasteiger partial charge in [0.2, 0.25) is 0 Å². The van der Waals surface area contributed by atoms with Crippen molar-refractivity contribution in [1.82, 2.24) is 4.98 Å². The van der Waals surface area contributed by atoms with E-state index in [9.17, 15) is 9.59 Å². The van der Waals surface area contributed by atoms with E-state index in [0.29, 0.717) is 18.4 Å². The van der Waals surface area contributed by atoms with Gasteiger partial charge in [0.1, 0.15) is 12.0 Å². The Kier molecular flexibility index (Phi) is 5.73. The number of carbonyl (C=O) groups excluding carboxylic acids is 2. The highest BCUT2D eigenvalue weighted by Gasteiger charge is 2.45. The highest BCUT2D eigenvalue weighted by atomic mass is 16.5. The van der Waals surface area contributed by atoms with Gasteiger partial charge in [-0.1, -0.05) is 36.4 Å². The first kappa shape index (κ1) is 20.8. The topological polar surface area (TPSA) is 68.6 Å². The first-order chi connectivity index (χ1) is 15.6. The lowest BCUT2D eigenvalue weighted by Crippen LogP contribution is -2.39. The fourth-order valence-electron chi connectivity index (χ4n) is 5.49. The van der Waals surface area contributed by atoms with Crippen LogP contribution in [-0.2, 0) is 14.3 Å². The molecular formula is C27H28N2O3. The second-order valence-corrected chi connectivity index (χ2v) is 9.14. The summed E-state index contributed by atoms with van der Waals surface area (Å²) in [7, 11) is 0. The van der Waals surface area contributed by atoms with E-state index >= 15 is 0 Å². The summed E-state index contributed by atoms with van der Waals surface area (Å²) in [4.78, 5) is 36.0. The summed E-state index contributed by atoms with van der Waals surface area (Å²) in [6.07, 6.45) is 8.60. The lowest BCUT2D eigenvalue weighted by Gasteiger charge is -2.36. The summed E-state index contributed by atoms with van der Waals surface area (Å²) in [5, 5.41) is 0. The quantitative estimate of drug-likeness (QED) is 0.632. The fourth-order valence-corrected chi connectivity index (χ4v) is 5.49. The first-order valence-electron chi connectivity index (χ1n) is 11.6. The molecule has 5 rings (SSSR count). The molecular weight excluding hydrogens is 400 g/mol. The van der Waals surface area contributed by atoms with Crippen molar-refractivity contribution in [3.8, 4) is 0 Å². The lowest BCUT2D eigenvalue weighted by molar-refractivity contribution is -0.151. The van der Waals surface area contributed by atoms with Crippen LogP contribution in [0.4, 0.5) is 0 Å². The molecule has 2 heterocycles. The van der Waals surface area contributed by atoms with Crippen LogP contribution >= 0.6 is 0 Å². The Morgan fingerprint density at radius 2 is 1.75 bits per heavy atom. The largest absolute Gasteiger partial charge is 0.462 e. The molecule has 32 heavy (non-hydrogen) atoms. The number of Topliss-reactive ketones (excluding diaryl/α,β-unsaturated/α-hetero) is 1. The summed E-state index contributed by atoms with van der Waals surface area (Å²) in [6.45, 7) is 1.89. The van der Waals surface area contributed by atoms with Crippen LogP contribution in [0.25, 0.3) is 0 Å². The number of ketones is 1. The summed E-state index contributed by atoms with van der Waals surface area (Å²) < 4.78 is 5.90. The van der Waals surface area contributed by atoms with Crippen LogP contribution in [0.2, 0.25) is 0 Å². The lowest BCUT2D eigenvalue weighted by atomic mass is 9.69. The number of hydrogen-bond donors (Lipinski definition) is 0. The van der Waals surface area contributed by atoms with Gasteiger partial charge in [0.25, 0.3) is 0 Å². The zero-order valence-corrected chi connectivity index (χ0v) is 18.4. The molecule has 1 unspecified atom stereocenters. The third-order valence-electron chi connectivity index (χ3n) is 7.04. The molecule has 0 saturated heterocycles. The van der Waals surface area contributed by atoms with Crippen LogP contribution < -0.4 is 0 Å². The van der Waals surface area contributed by atoms with Crippen LogP contribution in [0.1, 0.15) is 68.4 Å². The van der Waals surface area contributed by atoms with Gasteiger partial charge in [-0.2, -0.15) is 0 Å². The Morgan fingerprint density at radius 3 is 2.47 bits per heavy atom. The molecule has 1 aromatic carbocycles. The van der Waals surface area contributed by atoms with Gasteiger partial charge < -0.3 is 4.74 Å². The van der Waals surface area contributed by atoms with Crippen LogP contribution in [0.15, 0.2) is 71.1 Å². The predicted molar refractivity (Wildman–Crippen MR) is 122 cm³/mol. The minimum absolute atomic E-state index is 0.0234. The number of hydrogen-bond acceptors (Lipinski definition) is 5. The van der Waals surface area contributed by atoms with Crippen molar-refractivity contribution in [3.63, 3.8) is 0 Å². The molecule has 0 N–H and O–H groups in total. The smallest absolute Gasteiger partial charge is 0.315 e. The molecule has 0 bridgehead atoms. The number of aromatic nitrogens is 1. The highest BCUT2D eigenvalue weighted by Crippen LogP contribution is 2.46. The molecule has 3 atom stereocenters. The number of ether oxygens (including phenoxy) is 1. The third-order valence-corrected chi connectivity index (χ3v) is 7.04. The van der Waals surface area contributed by atoms with Crippen LogP contribution in [0, 0.1) is 5.92 Å². The highest BCUT2D eigenvalue weighted by molar-refractivity contribution is 6.09. The Labute approximate surface area is 188 Å². The van der Waals surface area contributed by atoms with Crippen molar-refractivity contribution in [2.75, 3.05) is 0 Å². The maximum Gasteiger partial charge on any atom is 0.315 e. The van der Waals surface area contributed by atoms with E-state index in [-0.39, 0.29) is 23.8 Å². The van der Waals surface area contributed by atoms with Gasteiger partial charge in [-0.15, -0.1) is 0 Å².